The monoisotopic (exact) mass is 424 g/mol. The number of amides is 1. The van der Waals surface area contributed by atoms with Crippen LogP contribution in [-0.4, -0.2) is 17.4 Å². The Balaban J connectivity index is 1.48. The number of nitrogens with zero attached hydrogens (tertiary/aromatic N) is 1. The molecule has 0 aliphatic heterocycles. The van der Waals surface area contributed by atoms with Gasteiger partial charge in [-0.25, -0.2) is 9.37 Å². The van der Waals surface area contributed by atoms with Gasteiger partial charge in [0.05, 0.1) is 17.0 Å². The van der Waals surface area contributed by atoms with Crippen molar-refractivity contribution in [1.82, 2.24) is 10.3 Å². The second kappa shape index (κ2) is 8.00. The number of nitrogens with one attached hydrogen (secondary N) is 1. The Bertz CT molecular complexity index is 829. The van der Waals surface area contributed by atoms with Crippen LogP contribution in [0.4, 0.5) is 4.39 Å². The zero-order chi connectivity index (χ0) is 16.9. The topological polar surface area (TPSA) is 42.0 Å². The lowest BCUT2D eigenvalue weighted by molar-refractivity contribution is -0.120. The first-order valence-electron chi connectivity index (χ1n) is 7.30. The lowest BCUT2D eigenvalue weighted by Crippen LogP contribution is -2.27. The first kappa shape index (κ1) is 17.3. The SMILES string of the molecule is O=C(Cc1csc(-c2cc(Br)cs2)n1)NCCc1ccc(F)cc1. The van der Waals surface area contributed by atoms with E-state index in [1.54, 1.807) is 34.8 Å². The van der Waals surface area contributed by atoms with Crippen molar-refractivity contribution in [3.8, 4) is 9.88 Å². The van der Waals surface area contributed by atoms with Crippen molar-refractivity contribution < 1.29 is 9.18 Å². The maximum Gasteiger partial charge on any atom is 0.226 e. The van der Waals surface area contributed by atoms with Crippen LogP contribution in [0.3, 0.4) is 0 Å². The standard InChI is InChI=1S/C17H14BrFN2OS2/c18-12-7-15(23-9-12)17-21-14(10-24-17)8-16(22)20-6-5-11-1-3-13(19)4-2-11/h1-4,7,9-10H,5-6,8H2,(H,20,22). The second-order valence-electron chi connectivity index (χ2n) is 5.18. The molecule has 0 bridgehead atoms. The van der Waals surface area contributed by atoms with E-state index in [2.05, 4.69) is 26.2 Å². The molecule has 3 nitrogen and oxygen atoms in total. The number of rotatable bonds is 6. The summed E-state index contributed by atoms with van der Waals surface area (Å²) in [5, 5.41) is 7.74. The van der Waals surface area contributed by atoms with E-state index in [1.807, 2.05) is 16.8 Å². The molecule has 0 spiro atoms. The molecular weight excluding hydrogens is 411 g/mol. The maximum atomic E-state index is 12.8. The molecule has 0 aliphatic carbocycles. The quantitative estimate of drug-likeness (QED) is 0.624. The van der Waals surface area contributed by atoms with Gasteiger partial charge in [0.15, 0.2) is 0 Å². The molecule has 0 unspecified atom stereocenters. The number of carbonyl (C=O) groups excluding carboxylic acids is 1. The highest BCUT2D eigenvalue weighted by Crippen LogP contribution is 2.32. The van der Waals surface area contributed by atoms with Crippen LogP contribution in [0.5, 0.6) is 0 Å². The highest BCUT2D eigenvalue weighted by Gasteiger charge is 2.10. The Hall–Kier alpha value is -1.57. The molecule has 3 rings (SSSR count). The molecule has 0 atom stereocenters. The Morgan fingerprint density at radius 1 is 1.21 bits per heavy atom. The number of carbonyl (C=O) groups is 1. The smallest absolute Gasteiger partial charge is 0.226 e. The first-order chi connectivity index (χ1) is 11.6. The summed E-state index contributed by atoms with van der Waals surface area (Å²) in [5.41, 5.74) is 1.77. The molecule has 2 aromatic heterocycles. The molecule has 0 saturated carbocycles. The number of hydrogen-bond donors (Lipinski definition) is 1. The van der Waals surface area contributed by atoms with Crippen molar-refractivity contribution in [2.24, 2.45) is 0 Å². The van der Waals surface area contributed by atoms with Crippen molar-refractivity contribution in [3.63, 3.8) is 0 Å². The predicted octanol–water partition coefficient (Wildman–Crippen LogP) is 4.67. The average molecular weight is 425 g/mol. The third-order valence-electron chi connectivity index (χ3n) is 3.32. The summed E-state index contributed by atoms with van der Waals surface area (Å²) in [6.07, 6.45) is 0.948. The van der Waals surface area contributed by atoms with Crippen molar-refractivity contribution in [3.05, 3.63) is 62.6 Å². The minimum Gasteiger partial charge on any atom is -0.355 e. The fraction of sp³-hybridized carbons (Fsp3) is 0.176. The largest absolute Gasteiger partial charge is 0.355 e. The van der Waals surface area contributed by atoms with Crippen LogP contribution in [-0.2, 0) is 17.6 Å². The summed E-state index contributed by atoms with van der Waals surface area (Å²) in [6.45, 7) is 0.527. The van der Waals surface area contributed by atoms with E-state index < -0.39 is 0 Å². The van der Waals surface area contributed by atoms with Crippen LogP contribution in [0.2, 0.25) is 0 Å². The summed E-state index contributed by atoms with van der Waals surface area (Å²) in [6, 6.07) is 8.34. The van der Waals surface area contributed by atoms with Gasteiger partial charge in [0, 0.05) is 21.8 Å². The number of halogens is 2. The fourth-order valence-corrected chi connectivity index (χ4v) is 4.48. The normalized spacial score (nSPS) is 10.8. The number of benzene rings is 1. The first-order valence-corrected chi connectivity index (χ1v) is 9.85. The van der Waals surface area contributed by atoms with Crippen LogP contribution < -0.4 is 5.32 Å². The van der Waals surface area contributed by atoms with E-state index in [-0.39, 0.29) is 18.1 Å². The molecule has 0 radical (unpaired) electrons. The number of thiophene rings is 1. The molecule has 0 fully saturated rings. The molecule has 1 aromatic carbocycles. The molecule has 2 heterocycles. The minimum absolute atomic E-state index is 0.0543. The zero-order valence-corrected chi connectivity index (χ0v) is 15.8. The Labute approximate surface area is 155 Å². The Morgan fingerprint density at radius 2 is 2.00 bits per heavy atom. The molecule has 0 aliphatic rings. The molecule has 24 heavy (non-hydrogen) atoms. The molecule has 1 N–H and O–H groups in total. The van der Waals surface area contributed by atoms with E-state index >= 15 is 0 Å². The average Bonchev–Trinajstić information content (AvgIpc) is 3.18. The highest BCUT2D eigenvalue weighted by atomic mass is 79.9. The molecule has 0 saturated heterocycles. The van der Waals surface area contributed by atoms with E-state index in [0.717, 1.165) is 25.6 Å². The molecule has 124 valence electrons. The van der Waals surface area contributed by atoms with Crippen LogP contribution in [0.25, 0.3) is 9.88 Å². The molecular formula is C17H14BrFN2OS2. The minimum atomic E-state index is -0.250. The summed E-state index contributed by atoms with van der Waals surface area (Å²) in [5.74, 6) is -0.304. The highest BCUT2D eigenvalue weighted by molar-refractivity contribution is 9.10. The summed E-state index contributed by atoms with van der Waals surface area (Å²) in [4.78, 5) is 17.6. The fourth-order valence-electron chi connectivity index (χ4n) is 2.15. The van der Waals surface area contributed by atoms with E-state index in [4.69, 9.17) is 0 Å². The van der Waals surface area contributed by atoms with Crippen molar-refractivity contribution in [2.45, 2.75) is 12.8 Å². The van der Waals surface area contributed by atoms with Gasteiger partial charge in [-0.1, -0.05) is 12.1 Å². The van der Waals surface area contributed by atoms with Gasteiger partial charge in [0.2, 0.25) is 5.91 Å². The summed E-state index contributed by atoms with van der Waals surface area (Å²) < 4.78 is 13.9. The van der Waals surface area contributed by atoms with Gasteiger partial charge in [0.25, 0.3) is 0 Å². The van der Waals surface area contributed by atoms with Crippen molar-refractivity contribution in [2.75, 3.05) is 6.54 Å². The number of hydrogen-bond acceptors (Lipinski definition) is 4. The molecule has 3 aromatic rings. The predicted molar refractivity (Wildman–Crippen MR) is 99.9 cm³/mol. The maximum absolute atomic E-state index is 12.8. The van der Waals surface area contributed by atoms with Crippen LogP contribution in [0.15, 0.2) is 45.6 Å². The number of aromatic nitrogens is 1. The van der Waals surface area contributed by atoms with Gasteiger partial charge in [-0.2, -0.15) is 0 Å². The van der Waals surface area contributed by atoms with Gasteiger partial charge in [-0.15, -0.1) is 22.7 Å². The van der Waals surface area contributed by atoms with Crippen LogP contribution in [0, 0.1) is 5.82 Å². The Kier molecular flexibility index (Phi) is 5.76. The van der Waals surface area contributed by atoms with Gasteiger partial charge >= 0.3 is 0 Å². The third kappa shape index (κ3) is 4.72. The molecule has 7 heteroatoms. The second-order valence-corrected chi connectivity index (χ2v) is 7.86. The summed E-state index contributed by atoms with van der Waals surface area (Å²) in [7, 11) is 0. The molecule has 1 amide bonds. The van der Waals surface area contributed by atoms with Crippen molar-refractivity contribution >= 4 is 44.5 Å². The van der Waals surface area contributed by atoms with Gasteiger partial charge in [-0.3, -0.25) is 4.79 Å². The van der Waals surface area contributed by atoms with Crippen molar-refractivity contribution in [1.29, 1.82) is 0 Å². The van der Waals surface area contributed by atoms with Gasteiger partial charge in [0.1, 0.15) is 10.8 Å². The van der Waals surface area contributed by atoms with Crippen LogP contribution in [0.1, 0.15) is 11.3 Å². The third-order valence-corrected chi connectivity index (χ3v) is 6.07. The van der Waals surface area contributed by atoms with E-state index in [1.165, 1.54) is 12.1 Å². The van der Waals surface area contributed by atoms with E-state index in [9.17, 15) is 9.18 Å². The number of thiazole rings is 1. The lowest BCUT2D eigenvalue weighted by atomic mass is 10.1. The van der Waals surface area contributed by atoms with Crippen LogP contribution >= 0.6 is 38.6 Å². The van der Waals surface area contributed by atoms with Gasteiger partial charge < -0.3 is 5.32 Å². The Morgan fingerprint density at radius 3 is 2.71 bits per heavy atom. The van der Waals surface area contributed by atoms with Gasteiger partial charge in [-0.05, 0) is 46.1 Å². The zero-order valence-electron chi connectivity index (χ0n) is 12.6. The van der Waals surface area contributed by atoms with E-state index in [0.29, 0.717) is 13.0 Å². The summed E-state index contributed by atoms with van der Waals surface area (Å²) >= 11 is 6.59. The lowest BCUT2D eigenvalue weighted by Gasteiger charge is -2.04.